The van der Waals surface area contributed by atoms with Crippen LogP contribution < -0.4 is 5.73 Å². The SMILES string of the molecule is C/C=C/CF.NC=O. The predicted octanol–water partition coefficient (Wildman–Crippen LogP) is 0.634. The first-order valence-corrected chi connectivity index (χ1v) is 2.16. The van der Waals surface area contributed by atoms with E-state index in [1.54, 1.807) is 13.0 Å². The lowest BCUT2D eigenvalue weighted by Gasteiger charge is -1.62. The van der Waals surface area contributed by atoms with E-state index < -0.39 is 0 Å². The lowest BCUT2D eigenvalue weighted by molar-refractivity contribution is -0.106. The maximum atomic E-state index is 10.9. The number of alkyl halides is 1. The Morgan fingerprint density at radius 1 is 1.75 bits per heavy atom. The van der Waals surface area contributed by atoms with Crippen LogP contribution in [0.25, 0.3) is 0 Å². The molecule has 0 atom stereocenters. The summed E-state index contributed by atoms with van der Waals surface area (Å²) in [7, 11) is 0. The van der Waals surface area contributed by atoms with Crippen molar-refractivity contribution in [1.82, 2.24) is 0 Å². The van der Waals surface area contributed by atoms with Crippen LogP contribution in [0.2, 0.25) is 0 Å². The van der Waals surface area contributed by atoms with E-state index in [1.165, 1.54) is 6.08 Å². The number of hydrogen-bond donors (Lipinski definition) is 1. The average molecular weight is 119 g/mol. The van der Waals surface area contributed by atoms with Gasteiger partial charge in [-0.2, -0.15) is 0 Å². The molecule has 0 aromatic heterocycles. The van der Waals surface area contributed by atoms with Gasteiger partial charge in [0.1, 0.15) is 6.67 Å². The van der Waals surface area contributed by atoms with Gasteiger partial charge in [0.05, 0.1) is 0 Å². The second kappa shape index (κ2) is 16.5. The normalized spacial score (nSPS) is 7.75. The third-order valence-corrected chi connectivity index (χ3v) is 0.325. The van der Waals surface area contributed by atoms with Crippen molar-refractivity contribution in [2.45, 2.75) is 6.92 Å². The van der Waals surface area contributed by atoms with Crippen LogP contribution in [0.5, 0.6) is 0 Å². The molecule has 0 fully saturated rings. The van der Waals surface area contributed by atoms with E-state index in [0.29, 0.717) is 0 Å². The number of amides is 1. The number of carbonyl (C=O) groups is 1. The van der Waals surface area contributed by atoms with E-state index >= 15 is 0 Å². The summed E-state index contributed by atoms with van der Waals surface area (Å²) in [5, 5.41) is 0. The third-order valence-electron chi connectivity index (χ3n) is 0.325. The Bertz CT molecular complexity index is 63.4. The molecule has 2 N–H and O–H groups in total. The van der Waals surface area contributed by atoms with Crippen LogP contribution in [0.15, 0.2) is 12.2 Å². The molecule has 0 aliphatic carbocycles. The van der Waals surface area contributed by atoms with Gasteiger partial charge in [-0.25, -0.2) is 4.39 Å². The Labute approximate surface area is 48.2 Å². The summed E-state index contributed by atoms with van der Waals surface area (Å²) >= 11 is 0. The Morgan fingerprint density at radius 3 is 2.12 bits per heavy atom. The Kier molecular flexibility index (Phi) is 21.0. The van der Waals surface area contributed by atoms with Gasteiger partial charge in [0.25, 0.3) is 0 Å². The van der Waals surface area contributed by atoms with Gasteiger partial charge in [0, 0.05) is 0 Å². The highest BCUT2D eigenvalue weighted by molar-refractivity contribution is 5.42. The smallest absolute Gasteiger partial charge is 0.204 e. The molecule has 0 aromatic rings. The molecule has 0 spiro atoms. The molecule has 0 aromatic carbocycles. The van der Waals surface area contributed by atoms with Crippen LogP contribution in [0.3, 0.4) is 0 Å². The Hall–Kier alpha value is -0.860. The minimum atomic E-state index is -0.337. The average Bonchev–Trinajstić information content (AvgIpc) is 1.71. The largest absolute Gasteiger partial charge is 0.372 e. The molecule has 0 saturated heterocycles. The van der Waals surface area contributed by atoms with Gasteiger partial charge < -0.3 is 5.73 Å². The van der Waals surface area contributed by atoms with Crippen molar-refractivity contribution in [3.8, 4) is 0 Å². The van der Waals surface area contributed by atoms with Gasteiger partial charge in [-0.05, 0) is 6.92 Å². The zero-order valence-corrected chi connectivity index (χ0v) is 4.80. The van der Waals surface area contributed by atoms with Crippen molar-refractivity contribution in [2.24, 2.45) is 5.73 Å². The van der Waals surface area contributed by atoms with Crippen LogP contribution >= 0.6 is 0 Å². The van der Waals surface area contributed by atoms with Gasteiger partial charge in [0.2, 0.25) is 6.41 Å². The van der Waals surface area contributed by atoms with Gasteiger partial charge in [-0.15, -0.1) is 0 Å². The van der Waals surface area contributed by atoms with Crippen LogP contribution in [-0.2, 0) is 4.79 Å². The molecule has 1 amide bonds. The molecule has 0 unspecified atom stereocenters. The molecule has 3 heteroatoms. The van der Waals surface area contributed by atoms with Crippen molar-refractivity contribution in [3.63, 3.8) is 0 Å². The standard InChI is InChI=1S/C4H7F.CH3NO/c1-2-3-4-5;2-1-3/h2-3H,4H2,1H3;1H,(H2,2,3)/b3-2+;. The van der Waals surface area contributed by atoms with Crippen LogP contribution in [0.1, 0.15) is 6.92 Å². The highest BCUT2D eigenvalue weighted by Crippen LogP contribution is 1.67. The zero-order chi connectivity index (χ0) is 6.83. The number of hydrogen-bond acceptors (Lipinski definition) is 1. The van der Waals surface area contributed by atoms with Gasteiger partial charge in [-0.3, -0.25) is 4.79 Å². The number of allylic oxidation sites excluding steroid dienone is 2. The molecular weight excluding hydrogens is 109 g/mol. The maximum absolute atomic E-state index is 10.9. The molecule has 8 heavy (non-hydrogen) atoms. The van der Waals surface area contributed by atoms with E-state index in [-0.39, 0.29) is 13.1 Å². The van der Waals surface area contributed by atoms with Crippen LogP contribution in [0.4, 0.5) is 4.39 Å². The molecule has 0 aliphatic heterocycles. The molecule has 0 bridgehead atoms. The fraction of sp³-hybridized carbons (Fsp3) is 0.400. The number of rotatable bonds is 1. The topological polar surface area (TPSA) is 43.1 Å². The zero-order valence-electron chi connectivity index (χ0n) is 4.80. The summed E-state index contributed by atoms with van der Waals surface area (Å²) in [5.74, 6) is 0. The van der Waals surface area contributed by atoms with E-state index in [9.17, 15) is 4.39 Å². The Balaban J connectivity index is 0. The second-order valence-electron chi connectivity index (χ2n) is 0.859. The third kappa shape index (κ3) is 67.8. The van der Waals surface area contributed by atoms with Crippen molar-refractivity contribution < 1.29 is 9.18 Å². The molecular formula is C5H10FNO. The quantitative estimate of drug-likeness (QED) is 0.399. The summed E-state index contributed by atoms with van der Waals surface area (Å²) in [4.78, 5) is 8.58. The number of nitrogens with two attached hydrogens (primary N) is 1. The van der Waals surface area contributed by atoms with Gasteiger partial charge in [0.15, 0.2) is 0 Å². The highest BCUT2D eigenvalue weighted by atomic mass is 19.1. The van der Waals surface area contributed by atoms with Crippen LogP contribution in [-0.4, -0.2) is 13.1 Å². The summed E-state index contributed by atoms with van der Waals surface area (Å²) in [6.07, 6.45) is 3.39. The Morgan fingerprint density at radius 2 is 2.12 bits per heavy atom. The fourth-order valence-corrected chi connectivity index (χ4v) is 0.0891. The van der Waals surface area contributed by atoms with Gasteiger partial charge in [-0.1, -0.05) is 12.2 Å². The monoisotopic (exact) mass is 119 g/mol. The molecule has 48 valence electrons. The fourth-order valence-electron chi connectivity index (χ4n) is 0.0891. The molecule has 0 heterocycles. The highest BCUT2D eigenvalue weighted by Gasteiger charge is 1.56. The molecule has 0 rings (SSSR count). The number of carbonyl (C=O) groups excluding carboxylic acids is 1. The lowest BCUT2D eigenvalue weighted by Crippen LogP contribution is -1.82. The van der Waals surface area contributed by atoms with E-state index in [4.69, 9.17) is 4.79 Å². The minimum absolute atomic E-state index is 0.250. The second-order valence-corrected chi connectivity index (χ2v) is 0.859. The van der Waals surface area contributed by atoms with Crippen molar-refractivity contribution >= 4 is 6.41 Å². The van der Waals surface area contributed by atoms with Crippen LogP contribution in [0, 0.1) is 0 Å². The number of primary amides is 1. The van der Waals surface area contributed by atoms with E-state index in [2.05, 4.69) is 5.73 Å². The van der Waals surface area contributed by atoms with Crippen molar-refractivity contribution in [1.29, 1.82) is 0 Å². The predicted molar refractivity (Wildman–Crippen MR) is 31.0 cm³/mol. The molecule has 0 saturated carbocycles. The molecule has 0 aliphatic rings. The number of halogens is 1. The van der Waals surface area contributed by atoms with Crippen molar-refractivity contribution in [2.75, 3.05) is 6.67 Å². The maximum Gasteiger partial charge on any atom is 0.204 e. The lowest BCUT2D eigenvalue weighted by atomic mass is 10.6. The van der Waals surface area contributed by atoms with E-state index in [1.807, 2.05) is 0 Å². The molecule has 0 radical (unpaired) electrons. The first-order valence-electron chi connectivity index (χ1n) is 2.16. The summed E-state index contributed by atoms with van der Waals surface area (Å²) < 4.78 is 10.9. The summed E-state index contributed by atoms with van der Waals surface area (Å²) in [6.45, 7) is 1.45. The summed E-state index contributed by atoms with van der Waals surface area (Å²) in [6, 6.07) is 0. The summed E-state index contributed by atoms with van der Waals surface area (Å²) in [5.41, 5.74) is 4.17. The molecule has 2 nitrogen and oxygen atoms in total. The first-order chi connectivity index (χ1) is 3.83. The first kappa shape index (κ1) is 10.2. The van der Waals surface area contributed by atoms with E-state index in [0.717, 1.165) is 0 Å². The van der Waals surface area contributed by atoms with Gasteiger partial charge >= 0.3 is 0 Å². The minimum Gasteiger partial charge on any atom is -0.372 e. The van der Waals surface area contributed by atoms with Crippen molar-refractivity contribution in [3.05, 3.63) is 12.2 Å².